The summed E-state index contributed by atoms with van der Waals surface area (Å²) < 4.78 is 29.7. The Bertz CT molecular complexity index is 353. The van der Waals surface area contributed by atoms with Crippen molar-refractivity contribution < 1.29 is 13.0 Å². The maximum Gasteiger partial charge on any atom is 0.290 e. The topological polar surface area (TPSA) is 90.6 Å². The second-order valence-corrected chi connectivity index (χ2v) is 3.85. The van der Waals surface area contributed by atoms with Crippen molar-refractivity contribution >= 4 is 10.1 Å². The van der Waals surface area contributed by atoms with Gasteiger partial charge in [-0.25, -0.2) is 5.53 Å². The number of nitrogens with zero attached hydrogens (tertiary/aromatic N) is 1. The predicted molar refractivity (Wildman–Crippen MR) is 42.1 cm³/mol. The molecule has 0 heterocycles. The normalized spacial score (nSPS) is 18.1. The third-order valence-corrected chi connectivity index (χ3v) is 2.57. The molecule has 0 spiro atoms. The lowest BCUT2D eigenvalue weighted by Gasteiger charge is -2.07. The van der Waals surface area contributed by atoms with Gasteiger partial charge in [-0.3, -0.25) is 4.55 Å². The minimum atomic E-state index is -4.04. The highest BCUT2D eigenvalue weighted by Gasteiger charge is 2.16. The van der Waals surface area contributed by atoms with Crippen LogP contribution < -0.4 is 0 Å². The lowest BCUT2D eigenvalue weighted by molar-refractivity contribution is 0.488. The van der Waals surface area contributed by atoms with E-state index in [1.165, 1.54) is 12.2 Å². The van der Waals surface area contributed by atoms with Gasteiger partial charge in [-0.05, 0) is 25.0 Å². The Morgan fingerprint density at radius 2 is 2.08 bits per heavy atom. The van der Waals surface area contributed by atoms with Gasteiger partial charge in [0.25, 0.3) is 10.1 Å². The summed E-state index contributed by atoms with van der Waals surface area (Å²) in [5.74, 6) is 0. The predicted octanol–water partition coefficient (Wildman–Crippen LogP) is 1.47. The molecule has 2 N–H and O–H groups in total. The van der Waals surface area contributed by atoms with Crippen molar-refractivity contribution in [3.05, 3.63) is 22.8 Å². The Balaban J connectivity index is 2.95. The maximum absolute atomic E-state index is 10.6. The summed E-state index contributed by atoms with van der Waals surface area (Å²) in [5.41, 5.74) is 7.15. The lowest BCUT2D eigenvalue weighted by atomic mass is 10.1. The first-order chi connectivity index (χ1) is 5.54. The van der Waals surface area contributed by atoms with E-state index in [1.807, 2.05) is 0 Å². The molecular weight excluding hydrogens is 180 g/mol. The largest absolute Gasteiger partial charge is 0.290 e. The van der Waals surface area contributed by atoms with Crippen molar-refractivity contribution in [1.29, 1.82) is 5.53 Å². The maximum atomic E-state index is 10.6. The summed E-state index contributed by atoms with van der Waals surface area (Å²) in [4.78, 5) is -0.0186. The van der Waals surface area contributed by atoms with E-state index in [2.05, 4.69) is 5.11 Å². The van der Waals surface area contributed by atoms with Crippen molar-refractivity contribution in [1.82, 2.24) is 0 Å². The number of hydrogen-bond donors (Lipinski definition) is 2. The number of allylic oxidation sites excluding steroid dienone is 4. The molecule has 12 heavy (non-hydrogen) atoms. The molecule has 0 fully saturated rings. The highest BCUT2D eigenvalue weighted by atomic mass is 32.2. The molecule has 0 saturated heterocycles. The Morgan fingerprint density at radius 3 is 2.42 bits per heavy atom. The zero-order chi connectivity index (χ0) is 9.19. The molecule has 1 aliphatic rings. The molecule has 0 aromatic carbocycles. The second kappa shape index (κ2) is 3.16. The van der Waals surface area contributed by atoms with Gasteiger partial charge in [-0.1, -0.05) is 0 Å². The summed E-state index contributed by atoms with van der Waals surface area (Å²) in [6.07, 6.45) is 3.29. The zero-order valence-corrected chi connectivity index (χ0v) is 7.00. The molecule has 0 aromatic heterocycles. The van der Waals surface area contributed by atoms with Crippen LogP contribution in [0.2, 0.25) is 0 Å². The Kier molecular flexibility index (Phi) is 2.39. The summed E-state index contributed by atoms with van der Waals surface area (Å²) in [5, 5.41) is 3.15. The zero-order valence-electron chi connectivity index (χ0n) is 6.19. The van der Waals surface area contributed by atoms with Gasteiger partial charge < -0.3 is 0 Å². The molecule has 0 unspecified atom stereocenters. The van der Waals surface area contributed by atoms with Gasteiger partial charge in [0.15, 0.2) is 0 Å². The summed E-state index contributed by atoms with van der Waals surface area (Å²) in [7, 11) is -4.04. The molecule has 1 aliphatic carbocycles. The fourth-order valence-electron chi connectivity index (χ4n) is 0.915. The van der Waals surface area contributed by atoms with E-state index in [9.17, 15) is 8.42 Å². The van der Waals surface area contributed by atoms with Crippen molar-refractivity contribution in [3.8, 4) is 0 Å². The van der Waals surface area contributed by atoms with E-state index in [1.54, 1.807) is 0 Å². The van der Waals surface area contributed by atoms with E-state index in [0.717, 1.165) is 0 Å². The minimum absolute atomic E-state index is 0.0186. The van der Waals surface area contributed by atoms with Crippen LogP contribution in [0.4, 0.5) is 0 Å². The standard InChI is InChI=1S/C6H8N2O3S/c7-8-5-1-3-6(4-2-5)12(9,10)11/h1,3,7H,2,4H2,(H,9,10,11). The third-order valence-electron chi connectivity index (χ3n) is 1.56. The molecule has 0 amide bonds. The molecule has 0 aliphatic heterocycles. The van der Waals surface area contributed by atoms with Crippen LogP contribution in [-0.2, 0) is 10.1 Å². The van der Waals surface area contributed by atoms with Gasteiger partial charge in [0.05, 0.1) is 10.6 Å². The van der Waals surface area contributed by atoms with Crippen molar-refractivity contribution in [2.24, 2.45) is 5.11 Å². The Labute approximate surface area is 70.0 Å². The summed E-state index contributed by atoms with van der Waals surface area (Å²) in [6.45, 7) is 0. The van der Waals surface area contributed by atoms with Gasteiger partial charge in [-0.15, -0.1) is 0 Å². The van der Waals surface area contributed by atoms with Crippen LogP contribution in [0.5, 0.6) is 0 Å². The monoisotopic (exact) mass is 188 g/mol. The van der Waals surface area contributed by atoms with Crippen molar-refractivity contribution in [3.63, 3.8) is 0 Å². The second-order valence-electron chi connectivity index (χ2n) is 2.38. The van der Waals surface area contributed by atoms with Crippen LogP contribution in [0.25, 0.3) is 0 Å². The Morgan fingerprint density at radius 1 is 1.42 bits per heavy atom. The van der Waals surface area contributed by atoms with E-state index < -0.39 is 10.1 Å². The summed E-state index contributed by atoms with van der Waals surface area (Å²) in [6, 6.07) is 0. The van der Waals surface area contributed by atoms with Gasteiger partial charge in [0.2, 0.25) is 0 Å². The van der Waals surface area contributed by atoms with Crippen LogP contribution in [-0.4, -0.2) is 13.0 Å². The first-order valence-corrected chi connectivity index (χ1v) is 4.73. The lowest BCUT2D eigenvalue weighted by Crippen LogP contribution is -2.04. The van der Waals surface area contributed by atoms with Gasteiger partial charge in [0, 0.05) is 0 Å². The van der Waals surface area contributed by atoms with Crippen LogP contribution in [0.3, 0.4) is 0 Å². The minimum Gasteiger partial charge on any atom is -0.282 e. The summed E-state index contributed by atoms with van der Waals surface area (Å²) >= 11 is 0. The Hall–Kier alpha value is -1.01. The number of rotatable bonds is 2. The van der Waals surface area contributed by atoms with E-state index in [4.69, 9.17) is 10.1 Å². The van der Waals surface area contributed by atoms with Crippen molar-refractivity contribution in [2.45, 2.75) is 12.8 Å². The van der Waals surface area contributed by atoms with Gasteiger partial charge in [0.1, 0.15) is 0 Å². The molecule has 5 nitrogen and oxygen atoms in total. The van der Waals surface area contributed by atoms with Gasteiger partial charge in [-0.2, -0.15) is 13.5 Å². The van der Waals surface area contributed by atoms with Crippen molar-refractivity contribution in [2.75, 3.05) is 0 Å². The average Bonchev–Trinajstić information content (AvgIpc) is 2.03. The molecule has 0 aromatic rings. The third kappa shape index (κ3) is 1.99. The fourth-order valence-corrected chi connectivity index (χ4v) is 1.52. The molecule has 0 atom stereocenters. The average molecular weight is 188 g/mol. The molecule has 66 valence electrons. The molecule has 1 rings (SSSR count). The molecular formula is C6H8N2O3S. The molecule has 0 radical (unpaired) electrons. The van der Waals surface area contributed by atoms with Crippen LogP contribution >= 0.6 is 0 Å². The number of nitrogens with one attached hydrogen (secondary N) is 1. The van der Waals surface area contributed by atoms with Crippen LogP contribution in [0.1, 0.15) is 12.8 Å². The SMILES string of the molecule is N=NC1=CC=C(S(=O)(=O)O)CC1. The molecule has 0 saturated carbocycles. The number of hydrogen-bond acceptors (Lipinski definition) is 4. The quantitative estimate of drug-likeness (QED) is 0.507. The van der Waals surface area contributed by atoms with Crippen LogP contribution in [0, 0.1) is 5.53 Å². The van der Waals surface area contributed by atoms with Crippen LogP contribution in [0.15, 0.2) is 27.9 Å². The molecule has 0 bridgehead atoms. The first kappa shape index (κ1) is 9.08. The van der Waals surface area contributed by atoms with E-state index >= 15 is 0 Å². The first-order valence-electron chi connectivity index (χ1n) is 3.29. The fraction of sp³-hybridized carbons (Fsp3) is 0.333. The van der Waals surface area contributed by atoms with E-state index in [0.29, 0.717) is 12.1 Å². The highest BCUT2D eigenvalue weighted by Crippen LogP contribution is 2.21. The highest BCUT2D eigenvalue weighted by molar-refractivity contribution is 7.89. The van der Waals surface area contributed by atoms with Gasteiger partial charge >= 0.3 is 0 Å². The molecule has 6 heteroatoms. The van der Waals surface area contributed by atoms with E-state index in [-0.39, 0.29) is 11.3 Å². The smallest absolute Gasteiger partial charge is 0.282 e.